The molecule has 0 saturated heterocycles. The van der Waals surface area contributed by atoms with Gasteiger partial charge in [0, 0.05) is 11.6 Å². The van der Waals surface area contributed by atoms with E-state index < -0.39 is 11.9 Å². The molecule has 0 radical (unpaired) electrons. The van der Waals surface area contributed by atoms with Crippen LogP contribution in [0.5, 0.6) is 23.0 Å². The largest absolute Gasteiger partial charge is 0.490 e. The van der Waals surface area contributed by atoms with Crippen LogP contribution in [-0.2, 0) is 11.2 Å². The third-order valence-electron chi connectivity index (χ3n) is 7.19. The van der Waals surface area contributed by atoms with Crippen molar-refractivity contribution in [3.05, 3.63) is 107 Å². The second-order valence-electron chi connectivity index (χ2n) is 10.6. The number of nitriles is 1. The van der Waals surface area contributed by atoms with Gasteiger partial charge in [-0.05, 0) is 59.4 Å². The molecule has 0 bridgehead atoms. The fourth-order valence-corrected chi connectivity index (χ4v) is 5.11. The van der Waals surface area contributed by atoms with Crippen molar-refractivity contribution in [1.82, 2.24) is 0 Å². The minimum absolute atomic E-state index is 0.00412. The van der Waals surface area contributed by atoms with Gasteiger partial charge >= 0.3 is 5.97 Å². The Morgan fingerprint density at radius 1 is 1.00 bits per heavy atom. The van der Waals surface area contributed by atoms with E-state index >= 15 is 0 Å². The van der Waals surface area contributed by atoms with E-state index in [0.717, 1.165) is 33.9 Å². The van der Waals surface area contributed by atoms with E-state index in [-0.39, 0.29) is 12.3 Å². The van der Waals surface area contributed by atoms with Gasteiger partial charge in [-0.1, -0.05) is 68.4 Å². The average Bonchev–Trinajstić information content (AvgIpc) is 2.97. The number of ether oxygens (including phenoxy) is 4. The van der Waals surface area contributed by atoms with Crippen LogP contribution in [0, 0.1) is 17.2 Å². The number of benzene rings is 4. The van der Waals surface area contributed by atoms with Gasteiger partial charge in [-0.25, -0.2) is 0 Å². The Balaban J connectivity index is 1.41. The number of allylic oxidation sites excluding steroid dienone is 1. The molecule has 42 heavy (non-hydrogen) atoms. The van der Waals surface area contributed by atoms with Crippen LogP contribution in [0.25, 0.3) is 10.8 Å². The van der Waals surface area contributed by atoms with Crippen LogP contribution >= 0.6 is 0 Å². The Kier molecular flexibility index (Phi) is 8.63. The first-order chi connectivity index (χ1) is 20.4. The molecule has 0 aliphatic carbocycles. The molecule has 7 heteroatoms. The second-order valence-corrected chi connectivity index (χ2v) is 10.6. The van der Waals surface area contributed by atoms with E-state index in [9.17, 15) is 10.1 Å². The number of hydrogen-bond donors (Lipinski definition) is 1. The van der Waals surface area contributed by atoms with Gasteiger partial charge in [0.15, 0.2) is 11.5 Å². The van der Waals surface area contributed by atoms with Crippen LogP contribution in [0.2, 0.25) is 0 Å². The Hall–Kier alpha value is -4.96. The van der Waals surface area contributed by atoms with Crippen LogP contribution < -0.4 is 24.7 Å². The van der Waals surface area contributed by atoms with Gasteiger partial charge in [0.05, 0.1) is 25.6 Å². The topological polar surface area (TPSA) is 104 Å². The maximum atomic E-state index is 12.9. The molecule has 4 aromatic carbocycles. The van der Waals surface area contributed by atoms with Gasteiger partial charge in [-0.3, -0.25) is 4.79 Å². The molecule has 1 heterocycles. The maximum absolute atomic E-state index is 12.9. The monoisotopic (exact) mass is 562 g/mol. The minimum atomic E-state index is -0.497. The molecule has 0 spiro atoms. The fourth-order valence-electron chi connectivity index (χ4n) is 5.11. The van der Waals surface area contributed by atoms with Crippen molar-refractivity contribution in [3.8, 4) is 29.1 Å². The first-order valence-corrected chi connectivity index (χ1v) is 14.2. The lowest BCUT2D eigenvalue weighted by Gasteiger charge is -2.27. The summed E-state index contributed by atoms with van der Waals surface area (Å²) in [7, 11) is 0. The molecule has 1 aliphatic heterocycles. The highest BCUT2D eigenvalue weighted by atomic mass is 16.5. The van der Waals surface area contributed by atoms with Crippen LogP contribution in [0.4, 0.5) is 0 Å². The molecule has 1 unspecified atom stereocenters. The summed E-state index contributed by atoms with van der Waals surface area (Å²) in [5, 5.41) is 12.1. The zero-order chi connectivity index (χ0) is 29.6. The fraction of sp³-hybridized carbons (Fsp3) is 0.257. The van der Waals surface area contributed by atoms with Gasteiger partial charge in [0.25, 0.3) is 0 Å². The van der Waals surface area contributed by atoms with Crippen molar-refractivity contribution in [1.29, 1.82) is 5.26 Å². The summed E-state index contributed by atoms with van der Waals surface area (Å²) in [6.07, 6.45) is 1.04. The number of carbonyl (C=O) groups excluding carboxylic acids is 1. The number of carbonyl (C=O) groups is 1. The summed E-state index contributed by atoms with van der Waals surface area (Å²) in [5.41, 5.74) is 8.94. The zero-order valence-electron chi connectivity index (χ0n) is 24.1. The summed E-state index contributed by atoms with van der Waals surface area (Å²) >= 11 is 0. The van der Waals surface area contributed by atoms with Gasteiger partial charge in [-0.2, -0.15) is 5.26 Å². The summed E-state index contributed by atoms with van der Waals surface area (Å²) in [5.74, 6) is 1.63. The van der Waals surface area contributed by atoms with Crippen LogP contribution in [0.3, 0.4) is 0 Å². The molecule has 2 N–H and O–H groups in total. The Labute approximate surface area is 246 Å². The van der Waals surface area contributed by atoms with E-state index in [1.807, 2.05) is 67.6 Å². The number of esters is 1. The highest BCUT2D eigenvalue weighted by molar-refractivity contribution is 5.89. The highest BCUT2D eigenvalue weighted by Crippen LogP contribution is 2.45. The van der Waals surface area contributed by atoms with Crippen molar-refractivity contribution in [3.63, 3.8) is 0 Å². The molecule has 0 amide bonds. The lowest BCUT2D eigenvalue weighted by Crippen LogP contribution is -2.21. The summed E-state index contributed by atoms with van der Waals surface area (Å²) in [4.78, 5) is 12.9. The van der Waals surface area contributed by atoms with E-state index in [1.54, 1.807) is 18.2 Å². The van der Waals surface area contributed by atoms with Crippen molar-refractivity contribution in [2.45, 2.75) is 39.5 Å². The normalized spacial score (nSPS) is 14.2. The Morgan fingerprint density at radius 2 is 1.81 bits per heavy atom. The summed E-state index contributed by atoms with van der Waals surface area (Å²) in [6.45, 7) is 7.25. The van der Waals surface area contributed by atoms with E-state index in [4.69, 9.17) is 24.7 Å². The summed E-state index contributed by atoms with van der Waals surface area (Å²) in [6, 6.07) is 26.8. The predicted molar refractivity (Wildman–Crippen MR) is 162 cm³/mol. The molecular weight excluding hydrogens is 528 g/mol. The zero-order valence-corrected chi connectivity index (χ0v) is 24.1. The molecule has 4 aromatic rings. The van der Waals surface area contributed by atoms with E-state index in [0.29, 0.717) is 47.7 Å². The van der Waals surface area contributed by atoms with Gasteiger partial charge in [0.1, 0.15) is 23.1 Å². The molecule has 0 aromatic heterocycles. The van der Waals surface area contributed by atoms with Crippen LogP contribution in [0.1, 0.15) is 49.8 Å². The number of rotatable bonds is 10. The molecule has 1 atom stereocenters. The Morgan fingerprint density at radius 3 is 2.60 bits per heavy atom. The van der Waals surface area contributed by atoms with Crippen molar-refractivity contribution in [2.75, 3.05) is 13.2 Å². The minimum Gasteiger partial charge on any atom is -0.490 e. The predicted octanol–water partition coefficient (Wildman–Crippen LogP) is 7.03. The molecule has 7 nitrogen and oxygen atoms in total. The highest BCUT2D eigenvalue weighted by Gasteiger charge is 2.32. The smallest absolute Gasteiger partial charge is 0.315 e. The van der Waals surface area contributed by atoms with Gasteiger partial charge in [-0.15, -0.1) is 0 Å². The number of hydrogen-bond acceptors (Lipinski definition) is 7. The Bertz CT molecular complexity index is 1680. The molecule has 1 aliphatic rings. The van der Waals surface area contributed by atoms with Crippen molar-refractivity contribution < 1.29 is 23.7 Å². The molecule has 5 rings (SSSR count). The third kappa shape index (κ3) is 6.18. The van der Waals surface area contributed by atoms with Crippen molar-refractivity contribution in [2.24, 2.45) is 11.7 Å². The third-order valence-corrected chi connectivity index (χ3v) is 7.19. The molecular formula is C35H34N2O5. The lowest BCUT2D eigenvalue weighted by atomic mass is 9.83. The van der Waals surface area contributed by atoms with Crippen LogP contribution in [-0.4, -0.2) is 19.2 Å². The van der Waals surface area contributed by atoms with E-state index in [2.05, 4.69) is 19.9 Å². The van der Waals surface area contributed by atoms with Crippen LogP contribution in [0.15, 0.2) is 90.3 Å². The number of nitrogens with two attached hydrogens (primary N) is 1. The quantitative estimate of drug-likeness (QED) is 0.163. The first kappa shape index (κ1) is 28.6. The first-order valence-electron chi connectivity index (χ1n) is 14.2. The SMILES string of the molecule is CCOc1cc(C2C(C#N)=C(N)Oc3cc(OC(=O)Cc4cccc5ccccc45)ccc32)ccc1OCCC(C)C. The van der Waals surface area contributed by atoms with Gasteiger partial charge in [0.2, 0.25) is 5.88 Å². The van der Waals surface area contributed by atoms with Crippen molar-refractivity contribution >= 4 is 16.7 Å². The second kappa shape index (κ2) is 12.7. The number of fused-ring (bicyclic) bond motifs is 2. The molecule has 214 valence electrons. The van der Waals surface area contributed by atoms with Gasteiger partial charge < -0.3 is 24.7 Å². The molecule has 0 fully saturated rings. The average molecular weight is 563 g/mol. The molecule has 0 saturated carbocycles. The maximum Gasteiger partial charge on any atom is 0.315 e. The summed E-state index contributed by atoms with van der Waals surface area (Å²) < 4.78 is 23.5. The van der Waals surface area contributed by atoms with E-state index in [1.165, 1.54) is 0 Å². The standard InChI is InChI=1S/C35H34N2O5/c1-4-39-32-18-25(12-15-30(32)40-17-16-22(2)3)34-28-14-13-26(20-31(28)42-35(37)29(34)21-36)41-33(38)19-24-10-7-9-23-8-5-6-11-27(23)24/h5-15,18,20,22,34H,4,16-17,19,37H2,1-3H3. The number of nitrogens with zero attached hydrogens (tertiary/aromatic N) is 1. The lowest BCUT2D eigenvalue weighted by molar-refractivity contribution is -0.133.